The number of aromatic amines is 1. The summed E-state index contributed by atoms with van der Waals surface area (Å²) in [6, 6.07) is 10.6. The van der Waals surface area contributed by atoms with Gasteiger partial charge in [-0.1, -0.05) is 30.3 Å². The molecule has 0 radical (unpaired) electrons. The van der Waals surface area contributed by atoms with Crippen LogP contribution in [-0.4, -0.2) is 37.8 Å². The van der Waals surface area contributed by atoms with Crippen molar-refractivity contribution in [2.45, 2.75) is 13.1 Å². The topological polar surface area (TPSA) is 114 Å². The number of nitrogens with one attached hydrogen (secondary N) is 2. The van der Waals surface area contributed by atoms with Crippen LogP contribution in [0.15, 0.2) is 47.3 Å². The lowest BCUT2D eigenvalue weighted by Crippen LogP contribution is -2.29. The third-order valence-electron chi connectivity index (χ3n) is 4.62. The normalized spacial score (nSPS) is 11.5. The highest BCUT2D eigenvalue weighted by atomic mass is 19.4. The summed E-state index contributed by atoms with van der Waals surface area (Å²) in [4.78, 5) is 28.4. The first-order valence-electron chi connectivity index (χ1n) is 9.18. The maximum absolute atomic E-state index is 13.7. The second-order valence-corrected chi connectivity index (χ2v) is 6.69. The van der Waals surface area contributed by atoms with Crippen molar-refractivity contribution in [2.24, 2.45) is 0 Å². The van der Waals surface area contributed by atoms with E-state index in [1.807, 2.05) is 0 Å². The van der Waals surface area contributed by atoms with Crippen molar-refractivity contribution in [1.82, 2.24) is 24.8 Å². The van der Waals surface area contributed by atoms with Gasteiger partial charge < -0.3 is 15.0 Å². The minimum Gasteiger partial charge on any atom is -0.480 e. The number of nitrogens with zero attached hydrogens (tertiary/aromatic N) is 4. The lowest BCUT2D eigenvalue weighted by atomic mass is 10.1. The van der Waals surface area contributed by atoms with Crippen LogP contribution in [-0.2, 0) is 6.18 Å². The second kappa shape index (κ2) is 7.80. The Morgan fingerprint density at radius 1 is 1.12 bits per heavy atom. The van der Waals surface area contributed by atoms with Crippen molar-refractivity contribution in [3.05, 3.63) is 69.8 Å². The van der Waals surface area contributed by atoms with Crippen molar-refractivity contribution in [3.63, 3.8) is 0 Å². The van der Waals surface area contributed by atoms with E-state index >= 15 is 0 Å². The Balaban J connectivity index is 1.86. The van der Waals surface area contributed by atoms with Crippen molar-refractivity contribution in [3.8, 4) is 17.0 Å². The Labute approximate surface area is 177 Å². The van der Waals surface area contributed by atoms with E-state index in [-0.39, 0.29) is 34.2 Å². The monoisotopic (exact) mass is 444 g/mol. The average Bonchev–Trinajstić information content (AvgIpc) is 3.15. The number of methoxy groups -OCH3 is 1. The lowest BCUT2D eigenvalue weighted by Gasteiger charge is -2.09. The maximum Gasteiger partial charge on any atom is 0.435 e. The Kier molecular flexibility index (Phi) is 5.12. The second-order valence-electron chi connectivity index (χ2n) is 6.69. The van der Waals surface area contributed by atoms with E-state index in [9.17, 15) is 22.8 Å². The molecule has 0 aliphatic heterocycles. The third kappa shape index (κ3) is 3.66. The molecule has 1 aromatic carbocycles. The number of hydrogen-bond donors (Lipinski definition) is 2. The van der Waals surface area contributed by atoms with Crippen LogP contribution in [0.5, 0.6) is 5.88 Å². The molecule has 2 N–H and O–H groups in total. The molecule has 3 heterocycles. The van der Waals surface area contributed by atoms with Gasteiger partial charge in [-0.3, -0.25) is 9.59 Å². The summed E-state index contributed by atoms with van der Waals surface area (Å²) in [5.41, 5.74) is -2.84. The van der Waals surface area contributed by atoms with Crippen LogP contribution < -0.4 is 15.6 Å². The summed E-state index contributed by atoms with van der Waals surface area (Å²) in [6.07, 6.45) is -4.83. The predicted molar refractivity (Wildman–Crippen MR) is 108 cm³/mol. The minimum atomic E-state index is -4.83. The van der Waals surface area contributed by atoms with Crippen molar-refractivity contribution >= 4 is 17.4 Å². The van der Waals surface area contributed by atoms with Gasteiger partial charge in [-0.15, -0.1) is 10.2 Å². The largest absolute Gasteiger partial charge is 0.480 e. The van der Waals surface area contributed by atoms with Crippen LogP contribution in [0.2, 0.25) is 0 Å². The number of fused-ring (bicyclic) bond motifs is 1. The SMILES string of the molecule is COc1ccc(NC(=O)c2c(C)[nH]c3c(-c4ccccc4)c(C(F)(F)F)nn3c2=O)nn1. The van der Waals surface area contributed by atoms with Gasteiger partial charge in [0.1, 0.15) is 11.2 Å². The number of carbonyl (C=O) groups excluding carboxylic acids is 1. The van der Waals surface area contributed by atoms with Crippen molar-refractivity contribution in [1.29, 1.82) is 0 Å². The molecule has 32 heavy (non-hydrogen) atoms. The average molecular weight is 444 g/mol. The summed E-state index contributed by atoms with van der Waals surface area (Å²) >= 11 is 0. The molecule has 0 spiro atoms. The van der Waals surface area contributed by atoms with E-state index < -0.39 is 28.9 Å². The number of aryl methyl sites for hydroxylation is 1. The first kappa shape index (κ1) is 21.0. The highest BCUT2D eigenvalue weighted by Crippen LogP contribution is 2.38. The van der Waals surface area contributed by atoms with Gasteiger partial charge >= 0.3 is 6.18 Å². The first-order valence-corrected chi connectivity index (χ1v) is 9.18. The fourth-order valence-electron chi connectivity index (χ4n) is 3.21. The fourth-order valence-corrected chi connectivity index (χ4v) is 3.21. The maximum atomic E-state index is 13.7. The third-order valence-corrected chi connectivity index (χ3v) is 4.62. The molecule has 0 unspecified atom stereocenters. The number of rotatable bonds is 4. The van der Waals surface area contributed by atoms with Crippen LogP contribution in [0.4, 0.5) is 19.0 Å². The molecule has 4 rings (SSSR count). The van der Waals surface area contributed by atoms with E-state index in [2.05, 4.69) is 25.6 Å². The Bertz CT molecular complexity index is 1360. The quantitative estimate of drug-likeness (QED) is 0.500. The molecule has 0 atom stereocenters. The highest BCUT2D eigenvalue weighted by Gasteiger charge is 2.39. The molecular weight excluding hydrogens is 429 g/mol. The number of benzene rings is 1. The van der Waals surface area contributed by atoms with E-state index in [0.717, 1.165) is 0 Å². The van der Waals surface area contributed by atoms with Gasteiger partial charge in [0.25, 0.3) is 11.5 Å². The van der Waals surface area contributed by atoms with Gasteiger partial charge in [-0.05, 0) is 18.6 Å². The number of halogens is 3. The van der Waals surface area contributed by atoms with Gasteiger partial charge in [0.2, 0.25) is 5.88 Å². The molecule has 12 heteroatoms. The number of H-pyrrole nitrogens is 1. The van der Waals surface area contributed by atoms with E-state index in [0.29, 0.717) is 4.52 Å². The zero-order chi connectivity index (χ0) is 23.0. The number of carbonyl (C=O) groups is 1. The molecule has 1 amide bonds. The fraction of sp³-hybridized carbons (Fsp3) is 0.150. The van der Waals surface area contributed by atoms with E-state index in [4.69, 9.17) is 4.74 Å². The van der Waals surface area contributed by atoms with Gasteiger partial charge in [-0.2, -0.15) is 22.8 Å². The van der Waals surface area contributed by atoms with Crippen molar-refractivity contribution in [2.75, 3.05) is 12.4 Å². The molecule has 9 nitrogen and oxygen atoms in total. The molecule has 3 aromatic heterocycles. The molecule has 164 valence electrons. The number of hydrogen-bond acceptors (Lipinski definition) is 6. The summed E-state index contributed by atoms with van der Waals surface area (Å²) in [5.74, 6) is -0.644. The predicted octanol–water partition coefficient (Wildman–Crippen LogP) is 3.07. The molecule has 0 saturated heterocycles. The van der Waals surface area contributed by atoms with Crippen LogP contribution in [0.1, 0.15) is 21.7 Å². The zero-order valence-electron chi connectivity index (χ0n) is 16.7. The van der Waals surface area contributed by atoms with Crippen LogP contribution in [0.3, 0.4) is 0 Å². The Morgan fingerprint density at radius 2 is 1.84 bits per heavy atom. The van der Waals surface area contributed by atoms with E-state index in [1.165, 1.54) is 38.3 Å². The zero-order valence-corrected chi connectivity index (χ0v) is 16.7. The van der Waals surface area contributed by atoms with Crippen LogP contribution in [0.25, 0.3) is 16.8 Å². The van der Waals surface area contributed by atoms with Gasteiger partial charge in [0.05, 0.1) is 12.7 Å². The molecule has 0 fully saturated rings. The summed E-state index contributed by atoms with van der Waals surface area (Å²) in [5, 5.41) is 13.3. The minimum absolute atomic E-state index is 0.0242. The molecule has 0 saturated carbocycles. The van der Waals surface area contributed by atoms with Crippen molar-refractivity contribution < 1.29 is 22.7 Å². The van der Waals surface area contributed by atoms with Crippen LogP contribution >= 0.6 is 0 Å². The van der Waals surface area contributed by atoms with Gasteiger partial charge in [0, 0.05) is 11.8 Å². The molecule has 4 aromatic rings. The molecular formula is C20H15F3N6O3. The number of ether oxygens (including phenoxy) is 1. The standard InChI is InChI=1S/C20H15F3N6O3/c1-10-14(18(30)25-12-8-9-13(32-2)27-26-12)19(31)29-17(24-10)15(11-6-4-3-5-7-11)16(28-29)20(21,22)23/h3-9,24H,1-2H3,(H,25,26,30). The van der Waals surface area contributed by atoms with Gasteiger partial charge in [0.15, 0.2) is 11.5 Å². The lowest BCUT2D eigenvalue weighted by molar-refractivity contribution is -0.140. The number of amides is 1. The van der Waals surface area contributed by atoms with Gasteiger partial charge in [-0.25, -0.2) is 0 Å². The first-order chi connectivity index (χ1) is 15.2. The number of aromatic nitrogens is 5. The molecule has 0 bridgehead atoms. The smallest absolute Gasteiger partial charge is 0.435 e. The Morgan fingerprint density at radius 3 is 2.44 bits per heavy atom. The van der Waals surface area contributed by atoms with E-state index in [1.54, 1.807) is 18.2 Å². The summed E-state index contributed by atoms with van der Waals surface area (Å²) < 4.78 is 46.6. The van der Waals surface area contributed by atoms with Crippen LogP contribution in [0, 0.1) is 6.92 Å². The Hall–Kier alpha value is -4.22. The highest BCUT2D eigenvalue weighted by molar-refractivity contribution is 6.04. The molecule has 0 aliphatic rings. The molecule has 0 aliphatic carbocycles. The summed E-state index contributed by atoms with van der Waals surface area (Å²) in [7, 11) is 1.39. The number of alkyl halides is 3. The summed E-state index contributed by atoms with van der Waals surface area (Å²) in [6.45, 7) is 1.41. The number of anilines is 1.